The molecule has 0 bridgehead atoms. The predicted molar refractivity (Wildman–Crippen MR) is 49.8 cm³/mol. The Morgan fingerprint density at radius 2 is 2.25 bits per heavy atom. The molecule has 2 nitrogen and oxygen atoms in total. The van der Waals surface area contributed by atoms with Crippen molar-refractivity contribution < 1.29 is 8.78 Å². The minimum absolute atomic E-state index is 0.0168. The van der Waals surface area contributed by atoms with Crippen LogP contribution in [0.25, 0.3) is 0 Å². The quantitative estimate of drug-likeness (QED) is 0.667. The van der Waals surface area contributed by atoms with Crippen molar-refractivity contribution in [1.29, 1.82) is 0 Å². The Hall–Kier alpha value is -0.300. The van der Waals surface area contributed by atoms with E-state index in [-0.39, 0.29) is 12.1 Å². The van der Waals surface area contributed by atoms with Gasteiger partial charge in [-0.15, -0.1) is 0 Å². The number of nitrogens with zero attached hydrogens (tertiary/aromatic N) is 1. The van der Waals surface area contributed by atoms with Crippen LogP contribution in [0.15, 0.2) is 12.3 Å². The van der Waals surface area contributed by atoms with Gasteiger partial charge >= 0.3 is 0 Å². The fourth-order valence-electron chi connectivity index (χ4n) is 0.887. The number of halogens is 3. The van der Waals surface area contributed by atoms with Crippen molar-refractivity contribution in [3.05, 3.63) is 27.1 Å². The zero-order valence-electron chi connectivity index (χ0n) is 6.10. The lowest BCUT2D eigenvalue weighted by Crippen LogP contribution is -2.05. The highest BCUT2D eigenvalue weighted by Gasteiger charge is 2.14. The van der Waals surface area contributed by atoms with Gasteiger partial charge in [-0.2, -0.15) is 0 Å². The summed E-state index contributed by atoms with van der Waals surface area (Å²) in [6.45, 7) is 0.103. The van der Waals surface area contributed by atoms with Crippen LogP contribution in [0.2, 0.25) is 0 Å². The number of hydrogen-bond acceptors (Lipinski definition) is 2. The van der Waals surface area contributed by atoms with Crippen LogP contribution in [0.4, 0.5) is 8.78 Å². The number of nitrogens with two attached hydrogens (primary N) is 1. The molecule has 1 aromatic rings. The number of aromatic nitrogens is 1. The average molecular weight is 284 g/mol. The number of hydrogen-bond donors (Lipinski definition) is 1. The molecule has 0 saturated carbocycles. The highest BCUT2D eigenvalue weighted by atomic mass is 127. The highest BCUT2D eigenvalue weighted by Crippen LogP contribution is 2.24. The second-order valence-corrected chi connectivity index (χ2v) is 3.20. The van der Waals surface area contributed by atoms with Gasteiger partial charge in [-0.05, 0) is 28.7 Å². The van der Waals surface area contributed by atoms with Gasteiger partial charge in [0.1, 0.15) is 3.70 Å². The van der Waals surface area contributed by atoms with E-state index in [1.165, 1.54) is 12.3 Å². The first kappa shape index (κ1) is 9.79. The van der Waals surface area contributed by atoms with Crippen LogP contribution in [0.1, 0.15) is 17.6 Å². The van der Waals surface area contributed by atoms with Crippen LogP contribution in [0.3, 0.4) is 0 Å². The van der Waals surface area contributed by atoms with Gasteiger partial charge < -0.3 is 5.73 Å². The van der Waals surface area contributed by atoms with Gasteiger partial charge in [0.2, 0.25) is 0 Å². The summed E-state index contributed by atoms with van der Waals surface area (Å²) < 4.78 is 25.2. The molecule has 1 aromatic heterocycles. The van der Waals surface area contributed by atoms with E-state index in [1.807, 2.05) is 22.6 Å². The largest absolute Gasteiger partial charge is 0.326 e. The molecular formula is C7H7F2IN2. The van der Waals surface area contributed by atoms with Crippen LogP contribution in [-0.2, 0) is 6.54 Å². The molecule has 1 heterocycles. The Labute approximate surface area is 82.3 Å². The second kappa shape index (κ2) is 4.08. The van der Waals surface area contributed by atoms with Crippen LogP contribution in [0.5, 0.6) is 0 Å². The summed E-state index contributed by atoms with van der Waals surface area (Å²) in [6.07, 6.45) is -1.11. The van der Waals surface area contributed by atoms with Gasteiger partial charge in [0.25, 0.3) is 6.43 Å². The molecule has 66 valence electrons. The van der Waals surface area contributed by atoms with Crippen molar-refractivity contribution in [2.45, 2.75) is 13.0 Å². The van der Waals surface area contributed by atoms with E-state index in [4.69, 9.17) is 5.73 Å². The average Bonchev–Trinajstić information content (AvgIpc) is 2.03. The van der Waals surface area contributed by atoms with Crippen molar-refractivity contribution in [2.24, 2.45) is 5.73 Å². The van der Waals surface area contributed by atoms with Crippen LogP contribution in [0, 0.1) is 3.70 Å². The molecule has 0 atom stereocenters. The smallest absolute Gasteiger partial charge is 0.264 e. The Morgan fingerprint density at radius 1 is 1.58 bits per heavy atom. The maximum Gasteiger partial charge on any atom is 0.264 e. The van der Waals surface area contributed by atoms with Crippen molar-refractivity contribution in [2.75, 3.05) is 0 Å². The minimum atomic E-state index is -2.47. The first-order valence-electron chi connectivity index (χ1n) is 3.28. The Morgan fingerprint density at radius 3 is 2.67 bits per heavy atom. The number of pyridine rings is 1. The van der Waals surface area contributed by atoms with Crippen LogP contribution >= 0.6 is 22.6 Å². The van der Waals surface area contributed by atoms with Gasteiger partial charge in [0, 0.05) is 23.9 Å². The van der Waals surface area contributed by atoms with Gasteiger partial charge in [-0.3, -0.25) is 0 Å². The summed E-state index contributed by atoms with van der Waals surface area (Å²) in [7, 11) is 0. The third-order valence-corrected chi connectivity index (χ3v) is 2.41. The summed E-state index contributed by atoms with van der Waals surface area (Å²) in [5.41, 5.74) is 5.73. The van der Waals surface area contributed by atoms with E-state index in [9.17, 15) is 8.78 Å². The fraction of sp³-hybridized carbons (Fsp3) is 0.286. The highest BCUT2D eigenvalue weighted by molar-refractivity contribution is 14.1. The molecule has 1 rings (SSSR count). The SMILES string of the molecule is NCc1c(C(F)F)ccnc1I. The molecule has 0 aliphatic carbocycles. The Bertz CT molecular complexity index is 278. The monoisotopic (exact) mass is 284 g/mol. The molecule has 5 heteroatoms. The van der Waals surface area contributed by atoms with E-state index >= 15 is 0 Å². The van der Waals surface area contributed by atoms with E-state index in [0.717, 1.165) is 0 Å². The first-order valence-corrected chi connectivity index (χ1v) is 4.36. The molecule has 0 fully saturated rings. The maximum absolute atomic E-state index is 12.3. The molecule has 0 spiro atoms. The summed E-state index contributed by atoms with van der Waals surface area (Å²) in [4.78, 5) is 3.87. The van der Waals surface area contributed by atoms with E-state index in [2.05, 4.69) is 4.98 Å². The molecule has 0 aliphatic rings. The molecule has 12 heavy (non-hydrogen) atoms. The number of alkyl halides is 2. The normalized spacial score (nSPS) is 10.8. The topological polar surface area (TPSA) is 38.9 Å². The third kappa shape index (κ3) is 1.89. The Kier molecular flexibility index (Phi) is 3.33. The zero-order valence-corrected chi connectivity index (χ0v) is 8.26. The molecule has 2 N–H and O–H groups in total. The lowest BCUT2D eigenvalue weighted by atomic mass is 10.1. The molecule has 0 aromatic carbocycles. The zero-order chi connectivity index (χ0) is 9.14. The minimum Gasteiger partial charge on any atom is -0.326 e. The molecule has 0 radical (unpaired) electrons. The first-order chi connectivity index (χ1) is 5.66. The summed E-state index contributed by atoms with van der Waals surface area (Å²) in [5.74, 6) is 0. The van der Waals surface area contributed by atoms with Crippen LogP contribution < -0.4 is 5.73 Å². The van der Waals surface area contributed by atoms with E-state index in [1.54, 1.807) is 0 Å². The fourth-order valence-corrected chi connectivity index (χ4v) is 1.58. The van der Waals surface area contributed by atoms with Crippen molar-refractivity contribution in [3.8, 4) is 0 Å². The van der Waals surface area contributed by atoms with Crippen molar-refractivity contribution in [1.82, 2.24) is 4.98 Å². The lowest BCUT2D eigenvalue weighted by molar-refractivity contribution is 0.150. The van der Waals surface area contributed by atoms with Gasteiger partial charge in [0.15, 0.2) is 0 Å². The second-order valence-electron chi connectivity index (χ2n) is 2.17. The standard InChI is InChI=1S/C7H7F2IN2/c8-6(9)4-1-2-12-7(10)5(4)3-11/h1-2,6H,3,11H2. The Balaban J connectivity index is 3.18. The summed E-state index contributed by atoms with van der Waals surface area (Å²) >= 11 is 1.89. The predicted octanol–water partition coefficient (Wildman–Crippen LogP) is 2.08. The molecule has 0 unspecified atom stereocenters. The van der Waals surface area contributed by atoms with Gasteiger partial charge in [-0.25, -0.2) is 13.8 Å². The molecular weight excluding hydrogens is 277 g/mol. The van der Waals surface area contributed by atoms with Crippen molar-refractivity contribution in [3.63, 3.8) is 0 Å². The molecule has 0 saturated heterocycles. The van der Waals surface area contributed by atoms with E-state index < -0.39 is 6.43 Å². The van der Waals surface area contributed by atoms with Crippen molar-refractivity contribution >= 4 is 22.6 Å². The molecule has 0 aliphatic heterocycles. The van der Waals surface area contributed by atoms with Crippen LogP contribution in [-0.4, -0.2) is 4.98 Å². The third-order valence-electron chi connectivity index (χ3n) is 1.48. The lowest BCUT2D eigenvalue weighted by Gasteiger charge is -2.06. The van der Waals surface area contributed by atoms with Gasteiger partial charge in [0.05, 0.1) is 0 Å². The van der Waals surface area contributed by atoms with E-state index in [0.29, 0.717) is 9.26 Å². The number of rotatable bonds is 2. The maximum atomic E-state index is 12.3. The summed E-state index contributed by atoms with van der Waals surface area (Å²) in [6, 6.07) is 1.30. The molecule has 0 amide bonds. The summed E-state index contributed by atoms with van der Waals surface area (Å²) in [5, 5.41) is 0. The van der Waals surface area contributed by atoms with Gasteiger partial charge in [-0.1, -0.05) is 0 Å².